The Balaban J connectivity index is 1.92. The van der Waals surface area contributed by atoms with Crippen LogP contribution in [0.1, 0.15) is 21.5 Å². The number of halogens is 1. The first-order valence-electron chi connectivity index (χ1n) is 8.53. The van der Waals surface area contributed by atoms with Gasteiger partial charge in [-0.15, -0.1) is 0 Å². The fourth-order valence-corrected chi connectivity index (χ4v) is 4.29. The standard InChI is InChI=1S/C21H19ClN2O3S/c1-14-7-6-10-19(15(14)2)24-28(26,27)20-13-16(11-12-18(20)22)21(25)23-17-8-4-3-5-9-17/h3-13,24H,1-2H3,(H,23,25). The number of benzene rings is 3. The Bertz CT molecular complexity index is 1130. The van der Waals surface area contributed by atoms with Gasteiger partial charge in [0.1, 0.15) is 4.90 Å². The molecule has 0 heterocycles. The first-order valence-corrected chi connectivity index (χ1v) is 10.4. The van der Waals surface area contributed by atoms with Crippen LogP contribution in [0.2, 0.25) is 5.02 Å². The van der Waals surface area contributed by atoms with Gasteiger partial charge in [-0.25, -0.2) is 8.42 Å². The van der Waals surface area contributed by atoms with Gasteiger partial charge in [-0.3, -0.25) is 9.52 Å². The normalized spacial score (nSPS) is 11.1. The highest BCUT2D eigenvalue weighted by Crippen LogP contribution is 2.27. The molecule has 5 nitrogen and oxygen atoms in total. The molecule has 0 fully saturated rings. The molecule has 7 heteroatoms. The Kier molecular flexibility index (Phi) is 5.72. The zero-order valence-electron chi connectivity index (χ0n) is 15.4. The predicted molar refractivity (Wildman–Crippen MR) is 113 cm³/mol. The second kappa shape index (κ2) is 8.04. The Labute approximate surface area is 169 Å². The third kappa shape index (κ3) is 4.35. The van der Waals surface area contributed by atoms with E-state index in [0.29, 0.717) is 11.4 Å². The molecule has 0 aliphatic heterocycles. The highest BCUT2D eigenvalue weighted by molar-refractivity contribution is 7.92. The third-order valence-corrected chi connectivity index (χ3v) is 6.21. The molecule has 0 bridgehead atoms. The number of carbonyl (C=O) groups is 1. The molecule has 3 aromatic carbocycles. The van der Waals surface area contributed by atoms with E-state index in [0.717, 1.165) is 11.1 Å². The summed E-state index contributed by atoms with van der Waals surface area (Å²) in [7, 11) is -3.97. The maximum absolute atomic E-state index is 12.9. The van der Waals surface area contributed by atoms with E-state index in [-0.39, 0.29) is 15.5 Å². The topological polar surface area (TPSA) is 75.3 Å². The van der Waals surface area contributed by atoms with Gasteiger partial charge < -0.3 is 5.32 Å². The zero-order chi connectivity index (χ0) is 20.3. The number of hydrogen-bond donors (Lipinski definition) is 2. The number of amides is 1. The maximum atomic E-state index is 12.9. The van der Waals surface area contributed by atoms with Crippen molar-refractivity contribution in [3.63, 3.8) is 0 Å². The first-order chi connectivity index (χ1) is 13.3. The van der Waals surface area contributed by atoms with Crippen molar-refractivity contribution in [2.75, 3.05) is 10.0 Å². The summed E-state index contributed by atoms with van der Waals surface area (Å²) in [4.78, 5) is 12.3. The Morgan fingerprint density at radius 1 is 0.929 bits per heavy atom. The molecule has 0 aromatic heterocycles. The van der Waals surface area contributed by atoms with Crippen LogP contribution in [0.15, 0.2) is 71.6 Å². The molecule has 0 unspecified atom stereocenters. The maximum Gasteiger partial charge on any atom is 0.263 e. The van der Waals surface area contributed by atoms with Gasteiger partial charge in [-0.2, -0.15) is 0 Å². The molecule has 2 N–H and O–H groups in total. The van der Waals surface area contributed by atoms with Crippen molar-refractivity contribution >= 4 is 38.9 Å². The molecule has 0 saturated heterocycles. The van der Waals surface area contributed by atoms with Crippen LogP contribution in [-0.4, -0.2) is 14.3 Å². The number of sulfonamides is 1. The van der Waals surface area contributed by atoms with Gasteiger partial charge in [0.15, 0.2) is 0 Å². The fraction of sp³-hybridized carbons (Fsp3) is 0.0952. The molecule has 1 amide bonds. The van der Waals surface area contributed by atoms with Crippen molar-refractivity contribution in [1.29, 1.82) is 0 Å². The van der Waals surface area contributed by atoms with Crippen molar-refractivity contribution in [1.82, 2.24) is 0 Å². The van der Waals surface area contributed by atoms with Gasteiger partial charge in [0.2, 0.25) is 0 Å². The van der Waals surface area contributed by atoms with E-state index in [1.54, 1.807) is 36.4 Å². The summed E-state index contributed by atoms with van der Waals surface area (Å²) in [5.74, 6) is -0.425. The van der Waals surface area contributed by atoms with Crippen LogP contribution in [0.4, 0.5) is 11.4 Å². The lowest BCUT2D eigenvalue weighted by Gasteiger charge is -2.14. The molecule has 0 aliphatic carbocycles. The summed E-state index contributed by atoms with van der Waals surface area (Å²) in [5, 5.41) is 2.76. The van der Waals surface area contributed by atoms with E-state index >= 15 is 0 Å². The SMILES string of the molecule is Cc1cccc(NS(=O)(=O)c2cc(C(=O)Nc3ccccc3)ccc2Cl)c1C. The number of nitrogens with one attached hydrogen (secondary N) is 2. The fourth-order valence-electron chi connectivity index (χ4n) is 2.64. The molecule has 0 radical (unpaired) electrons. The summed E-state index contributed by atoms with van der Waals surface area (Å²) in [6, 6.07) is 18.4. The van der Waals surface area contributed by atoms with Crippen LogP contribution in [-0.2, 0) is 10.0 Å². The Morgan fingerprint density at radius 2 is 1.64 bits per heavy atom. The lowest BCUT2D eigenvalue weighted by molar-refractivity contribution is 0.102. The van der Waals surface area contributed by atoms with Gasteiger partial charge in [0, 0.05) is 11.3 Å². The number of hydrogen-bond acceptors (Lipinski definition) is 3. The lowest BCUT2D eigenvalue weighted by atomic mass is 10.1. The van der Waals surface area contributed by atoms with Crippen molar-refractivity contribution in [2.24, 2.45) is 0 Å². The summed E-state index contributed by atoms with van der Waals surface area (Å²) < 4.78 is 28.3. The largest absolute Gasteiger partial charge is 0.322 e. The highest BCUT2D eigenvalue weighted by Gasteiger charge is 2.21. The molecule has 0 spiro atoms. The van der Waals surface area contributed by atoms with E-state index in [1.807, 2.05) is 26.0 Å². The third-order valence-electron chi connectivity index (χ3n) is 4.36. The Morgan fingerprint density at radius 3 is 2.36 bits per heavy atom. The average Bonchev–Trinajstić information content (AvgIpc) is 2.66. The zero-order valence-corrected chi connectivity index (χ0v) is 16.9. The molecule has 0 saturated carbocycles. The van der Waals surface area contributed by atoms with Crippen molar-refractivity contribution < 1.29 is 13.2 Å². The smallest absolute Gasteiger partial charge is 0.263 e. The van der Waals surface area contributed by atoms with Crippen LogP contribution in [0.5, 0.6) is 0 Å². The van der Waals surface area contributed by atoms with Crippen LogP contribution in [0.3, 0.4) is 0 Å². The van der Waals surface area contributed by atoms with Crippen LogP contribution in [0, 0.1) is 13.8 Å². The molecule has 3 rings (SSSR count). The number of anilines is 2. The molecule has 28 heavy (non-hydrogen) atoms. The minimum absolute atomic E-state index is 0.0362. The Hall–Kier alpha value is -2.83. The lowest BCUT2D eigenvalue weighted by Crippen LogP contribution is -2.17. The quantitative estimate of drug-likeness (QED) is 0.616. The molecule has 0 aliphatic rings. The minimum Gasteiger partial charge on any atom is -0.322 e. The molecular weight excluding hydrogens is 396 g/mol. The second-order valence-corrected chi connectivity index (χ2v) is 8.38. The summed E-state index contributed by atoms with van der Waals surface area (Å²) in [6.07, 6.45) is 0. The van der Waals surface area contributed by atoms with Crippen molar-refractivity contribution in [3.05, 3.63) is 88.4 Å². The van der Waals surface area contributed by atoms with E-state index in [2.05, 4.69) is 10.0 Å². The number of rotatable bonds is 5. The summed E-state index contributed by atoms with van der Waals surface area (Å²) in [6.45, 7) is 3.73. The predicted octanol–water partition coefficient (Wildman–Crippen LogP) is 5.01. The number of para-hydroxylation sites is 1. The van der Waals surface area contributed by atoms with Gasteiger partial charge in [-0.05, 0) is 61.4 Å². The van der Waals surface area contributed by atoms with E-state index in [4.69, 9.17) is 11.6 Å². The van der Waals surface area contributed by atoms with Gasteiger partial charge >= 0.3 is 0 Å². The molecular formula is C21H19ClN2O3S. The average molecular weight is 415 g/mol. The van der Waals surface area contributed by atoms with Crippen molar-refractivity contribution in [3.8, 4) is 0 Å². The van der Waals surface area contributed by atoms with E-state index in [1.165, 1.54) is 18.2 Å². The number of carbonyl (C=O) groups excluding carboxylic acids is 1. The van der Waals surface area contributed by atoms with Gasteiger partial charge in [0.25, 0.3) is 15.9 Å². The number of aryl methyl sites for hydroxylation is 1. The van der Waals surface area contributed by atoms with Crippen molar-refractivity contribution in [2.45, 2.75) is 18.7 Å². The van der Waals surface area contributed by atoms with Crippen LogP contribution < -0.4 is 10.0 Å². The molecule has 0 atom stereocenters. The minimum atomic E-state index is -3.97. The second-order valence-electron chi connectivity index (χ2n) is 6.32. The van der Waals surface area contributed by atoms with Gasteiger partial charge in [-0.1, -0.05) is 41.9 Å². The summed E-state index contributed by atoms with van der Waals surface area (Å²) >= 11 is 6.13. The van der Waals surface area contributed by atoms with Crippen LogP contribution in [0.25, 0.3) is 0 Å². The van der Waals surface area contributed by atoms with Gasteiger partial charge in [0.05, 0.1) is 10.7 Å². The van der Waals surface area contributed by atoms with E-state index < -0.39 is 15.9 Å². The summed E-state index contributed by atoms with van der Waals surface area (Å²) in [5.41, 5.74) is 3.05. The van der Waals surface area contributed by atoms with Crippen LogP contribution >= 0.6 is 11.6 Å². The first kappa shape index (κ1) is 19.9. The monoisotopic (exact) mass is 414 g/mol. The van der Waals surface area contributed by atoms with E-state index in [9.17, 15) is 13.2 Å². The molecule has 3 aromatic rings. The highest BCUT2D eigenvalue weighted by atomic mass is 35.5. The molecule has 144 valence electrons.